The summed E-state index contributed by atoms with van der Waals surface area (Å²) in [5, 5.41) is 2.06. The van der Waals surface area contributed by atoms with Crippen LogP contribution in [0.25, 0.3) is 22.9 Å². The van der Waals surface area contributed by atoms with Gasteiger partial charge in [-0.2, -0.15) is 0 Å². The van der Waals surface area contributed by atoms with Crippen molar-refractivity contribution >= 4 is 22.9 Å². The normalized spacial score (nSPS) is 14.3. The standard InChI is InChI=1S/C56H60O6/c1-5-9-37-57-47-24-16-43(17-25-47)55(44-18-26-48(27-19-44)58-38-10-6-2)36-34-51-52(61-55)32-15-41-13-14-42-33-35-56(62-54(42)53(41)51,45-20-28-49(29-21-45)59-39-11-7-3)46-22-30-50(31-23-46)60-40-12-8-4/h13-36H,5-12,37-40H2,1-4H3. The van der Waals surface area contributed by atoms with Crippen LogP contribution in [0.15, 0.2) is 133 Å². The van der Waals surface area contributed by atoms with Crippen molar-refractivity contribution in [1.29, 1.82) is 0 Å². The van der Waals surface area contributed by atoms with Gasteiger partial charge in [-0.3, -0.25) is 0 Å². The van der Waals surface area contributed by atoms with Crippen molar-refractivity contribution in [3.8, 4) is 34.5 Å². The highest BCUT2D eigenvalue weighted by Crippen LogP contribution is 2.51. The van der Waals surface area contributed by atoms with Crippen molar-refractivity contribution in [2.45, 2.75) is 90.3 Å². The van der Waals surface area contributed by atoms with Crippen LogP contribution in [0.2, 0.25) is 0 Å². The third kappa shape index (κ3) is 8.92. The average Bonchev–Trinajstić information content (AvgIpc) is 3.32. The Labute approximate surface area is 368 Å². The van der Waals surface area contributed by atoms with Crippen molar-refractivity contribution < 1.29 is 28.4 Å². The zero-order valence-electron chi connectivity index (χ0n) is 36.8. The van der Waals surface area contributed by atoms with E-state index in [1.54, 1.807) is 0 Å². The van der Waals surface area contributed by atoms with Crippen LogP contribution in [0.3, 0.4) is 0 Å². The van der Waals surface area contributed by atoms with Crippen LogP contribution >= 0.6 is 0 Å². The maximum atomic E-state index is 7.49. The third-order valence-corrected chi connectivity index (χ3v) is 11.9. The van der Waals surface area contributed by atoms with Crippen LogP contribution < -0.4 is 28.4 Å². The van der Waals surface area contributed by atoms with Crippen molar-refractivity contribution in [1.82, 2.24) is 0 Å². The fourth-order valence-electron chi connectivity index (χ4n) is 8.20. The van der Waals surface area contributed by atoms with Crippen LogP contribution in [0, 0.1) is 0 Å². The third-order valence-electron chi connectivity index (χ3n) is 11.9. The summed E-state index contributed by atoms with van der Waals surface area (Å²) in [6.45, 7) is 11.5. The Bertz CT molecular complexity index is 2340. The number of fused-ring (bicyclic) bond motifs is 5. The minimum atomic E-state index is -0.932. The molecule has 0 aliphatic carbocycles. The van der Waals surface area contributed by atoms with E-state index in [9.17, 15) is 0 Å². The van der Waals surface area contributed by atoms with Gasteiger partial charge in [0, 0.05) is 38.8 Å². The van der Waals surface area contributed by atoms with Gasteiger partial charge in [-0.1, -0.05) is 126 Å². The molecule has 0 N–H and O–H groups in total. The number of rotatable bonds is 20. The molecule has 6 nitrogen and oxygen atoms in total. The Kier molecular flexibility index (Phi) is 13.5. The summed E-state index contributed by atoms with van der Waals surface area (Å²) in [7, 11) is 0. The summed E-state index contributed by atoms with van der Waals surface area (Å²) in [6.07, 6.45) is 17.2. The van der Waals surface area contributed by atoms with Crippen molar-refractivity contribution in [2.75, 3.05) is 26.4 Å². The molecule has 2 aliphatic heterocycles. The minimum Gasteiger partial charge on any atom is -0.494 e. The lowest BCUT2D eigenvalue weighted by Gasteiger charge is -2.38. The molecule has 0 amide bonds. The molecule has 0 bridgehead atoms. The highest BCUT2D eigenvalue weighted by molar-refractivity contribution is 6.01. The van der Waals surface area contributed by atoms with Crippen molar-refractivity contribution in [3.05, 3.63) is 167 Å². The van der Waals surface area contributed by atoms with Gasteiger partial charge < -0.3 is 28.4 Å². The lowest BCUT2D eigenvalue weighted by atomic mass is 9.82. The maximum Gasteiger partial charge on any atom is 0.178 e. The molecule has 6 aromatic carbocycles. The van der Waals surface area contributed by atoms with E-state index in [4.69, 9.17) is 28.4 Å². The quantitative estimate of drug-likeness (QED) is 0.0715. The van der Waals surface area contributed by atoms with Gasteiger partial charge in [-0.15, -0.1) is 0 Å². The topological polar surface area (TPSA) is 55.4 Å². The van der Waals surface area contributed by atoms with Crippen LogP contribution in [-0.4, -0.2) is 26.4 Å². The molecule has 0 fully saturated rings. The molecule has 2 aliphatic rings. The maximum absolute atomic E-state index is 7.49. The zero-order chi connectivity index (χ0) is 42.8. The highest BCUT2D eigenvalue weighted by Gasteiger charge is 2.41. The molecule has 0 unspecified atom stereocenters. The number of unbranched alkanes of at least 4 members (excludes halogenated alkanes) is 4. The van der Waals surface area contributed by atoms with Gasteiger partial charge in [0.15, 0.2) is 11.2 Å². The smallest absolute Gasteiger partial charge is 0.178 e. The second-order valence-corrected chi connectivity index (χ2v) is 16.3. The first-order valence-electron chi connectivity index (χ1n) is 22.8. The van der Waals surface area contributed by atoms with E-state index >= 15 is 0 Å². The Balaban J connectivity index is 1.21. The van der Waals surface area contributed by atoms with E-state index < -0.39 is 11.2 Å². The predicted octanol–water partition coefficient (Wildman–Crippen LogP) is 14.3. The van der Waals surface area contributed by atoms with Gasteiger partial charge in [0.05, 0.1) is 26.4 Å². The van der Waals surface area contributed by atoms with Gasteiger partial charge >= 0.3 is 0 Å². The zero-order valence-corrected chi connectivity index (χ0v) is 36.8. The van der Waals surface area contributed by atoms with E-state index in [2.05, 4.69) is 149 Å². The fourth-order valence-corrected chi connectivity index (χ4v) is 8.20. The van der Waals surface area contributed by atoms with Gasteiger partial charge in [0.1, 0.15) is 34.5 Å². The monoisotopic (exact) mass is 828 g/mol. The molecule has 8 rings (SSSR count). The molecule has 0 radical (unpaired) electrons. The molecule has 0 saturated heterocycles. The van der Waals surface area contributed by atoms with E-state index in [1.807, 2.05) is 24.3 Å². The van der Waals surface area contributed by atoms with Gasteiger partial charge in [0.25, 0.3) is 0 Å². The first-order valence-corrected chi connectivity index (χ1v) is 22.8. The average molecular weight is 829 g/mol. The second-order valence-electron chi connectivity index (χ2n) is 16.3. The van der Waals surface area contributed by atoms with Crippen LogP contribution in [-0.2, 0) is 11.2 Å². The van der Waals surface area contributed by atoms with E-state index in [0.717, 1.165) is 130 Å². The lowest BCUT2D eigenvalue weighted by Crippen LogP contribution is -2.35. The molecule has 62 heavy (non-hydrogen) atoms. The molecule has 6 aromatic rings. The summed E-state index contributed by atoms with van der Waals surface area (Å²) in [4.78, 5) is 0. The molecule has 0 atom stereocenters. The Hall–Kier alpha value is -6.14. The molecule has 2 heterocycles. The fraction of sp³-hybridized carbons (Fsp3) is 0.321. The molecule has 6 heteroatoms. The molecule has 0 spiro atoms. The summed E-state index contributed by atoms with van der Waals surface area (Å²) >= 11 is 0. The van der Waals surface area contributed by atoms with Crippen LogP contribution in [0.1, 0.15) is 112 Å². The lowest BCUT2D eigenvalue weighted by molar-refractivity contribution is 0.159. The number of hydrogen-bond donors (Lipinski definition) is 0. The van der Waals surface area contributed by atoms with Gasteiger partial charge in [-0.25, -0.2) is 0 Å². The van der Waals surface area contributed by atoms with Gasteiger partial charge in [-0.05, 0) is 104 Å². The summed E-state index contributed by atoms with van der Waals surface area (Å²) in [5.74, 6) is 4.96. The summed E-state index contributed by atoms with van der Waals surface area (Å²) in [6, 6.07) is 41.9. The largest absolute Gasteiger partial charge is 0.494 e. The molecular formula is C56H60O6. The minimum absolute atomic E-state index is 0.690. The van der Waals surface area contributed by atoms with Crippen LogP contribution in [0.5, 0.6) is 34.5 Å². The first-order chi connectivity index (χ1) is 30.5. The first kappa shape index (κ1) is 42.5. The van der Waals surface area contributed by atoms with E-state index in [-0.39, 0.29) is 0 Å². The molecule has 0 aromatic heterocycles. The van der Waals surface area contributed by atoms with Crippen molar-refractivity contribution in [2.24, 2.45) is 0 Å². The Morgan fingerprint density at radius 2 is 0.774 bits per heavy atom. The highest BCUT2D eigenvalue weighted by atomic mass is 16.5. The number of hydrogen-bond acceptors (Lipinski definition) is 6. The molecular weight excluding hydrogens is 769 g/mol. The molecule has 0 saturated carbocycles. The number of ether oxygens (including phenoxy) is 6. The summed E-state index contributed by atoms with van der Waals surface area (Å²) in [5.41, 5.74) is 4.13. The summed E-state index contributed by atoms with van der Waals surface area (Å²) < 4.78 is 39.1. The van der Waals surface area contributed by atoms with E-state index in [1.165, 1.54) is 0 Å². The number of benzene rings is 6. The Morgan fingerprint density at radius 3 is 1.18 bits per heavy atom. The molecule has 320 valence electrons. The SMILES string of the molecule is CCCCOc1ccc(C2(c3ccc(OCCCC)cc3)C=Cc3c(ccc4ccc5c(c34)OC(c3ccc(OCCCC)cc3)(c3ccc(OCCCC)cc3)C=C5)O2)cc1. The Morgan fingerprint density at radius 1 is 0.403 bits per heavy atom. The predicted molar refractivity (Wildman–Crippen MR) is 252 cm³/mol. The van der Waals surface area contributed by atoms with E-state index in [0.29, 0.717) is 26.4 Å². The second kappa shape index (κ2) is 19.7. The van der Waals surface area contributed by atoms with Crippen LogP contribution in [0.4, 0.5) is 0 Å². The van der Waals surface area contributed by atoms with Crippen molar-refractivity contribution in [3.63, 3.8) is 0 Å². The van der Waals surface area contributed by atoms with Gasteiger partial charge in [0.2, 0.25) is 0 Å².